The first-order chi connectivity index (χ1) is 14.9. The van der Waals surface area contributed by atoms with Gasteiger partial charge in [-0.25, -0.2) is 4.98 Å². The number of rotatable bonds is 5. The highest BCUT2D eigenvalue weighted by atomic mass is 16.2. The number of primary amides is 1. The van der Waals surface area contributed by atoms with E-state index >= 15 is 0 Å². The van der Waals surface area contributed by atoms with Crippen molar-refractivity contribution in [1.29, 1.82) is 5.26 Å². The standard InChI is InChI=1S/C23H18N6O2/c1-14-21(13-29(28-14)12-16-8-6-15(11-24)7-9-16)27-23(31)20-10-18(22(25)30)17-4-2-3-5-19(17)26-20/h2-10,13H,12H2,1H3,(H2,25,30)(H,27,31). The quantitative estimate of drug-likeness (QED) is 0.523. The van der Waals surface area contributed by atoms with Crippen molar-refractivity contribution in [1.82, 2.24) is 14.8 Å². The van der Waals surface area contributed by atoms with E-state index in [2.05, 4.69) is 21.5 Å². The van der Waals surface area contributed by atoms with Crippen molar-refractivity contribution in [3.8, 4) is 6.07 Å². The molecule has 0 radical (unpaired) electrons. The second kappa shape index (κ2) is 8.08. The first-order valence-corrected chi connectivity index (χ1v) is 9.48. The van der Waals surface area contributed by atoms with Gasteiger partial charge in [0.1, 0.15) is 5.69 Å². The van der Waals surface area contributed by atoms with Gasteiger partial charge in [-0.3, -0.25) is 14.3 Å². The second-order valence-corrected chi connectivity index (χ2v) is 7.03. The predicted octanol–water partition coefficient (Wildman–Crippen LogP) is 3.01. The highest BCUT2D eigenvalue weighted by Gasteiger charge is 2.17. The van der Waals surface area contributed by atoms with Gasteiger partial charge < -0.3 is 11.1 Å². The second-order valence-electron chi connectivity index (χ2n) is 7.03. The molecule has 0 saturated carbocycles. The number of amides is 2. The molecule has 2 heterocycles. The number of anilines is 1. The molecule has 0 unspecified atom stereocenters. The van der Waals surface area contributed by atoms with Gasteiger partial charge in [0, 0.05) is 11.6 Å². The van der Waals surface area contributed by atoms with Crippen molar-refractivity contribution >= 4 is 28.4 Å². The Morgan fingerprint density at radius 3 is 2.61 bits per heavy atom. The first-order valence-electron chi connectivity index (χ1n) is 9.48. The van der Waals surface area contributed by atoms with Crippen LogP contribution in [0.3, 0.4) is 0 Å². The molecular weight excluding hydrogens is 392 g/mol. The smallest absolute Gasteiger partial charge is 0.274 e. The van der Waals surface area contributed by atoms with Crippen molar-refractivity contribution in [3.63, 3.8) is 0 Å². The number of carbonyl (C=O) groups excluding carboxylic acids is 2. The van der Waals surface area contributed by atoms with E-state index in [-0.39, 0.29) is 11.3 Å². The van der Waals surface area contributed by atoms with Gasteiger partial charge in [0.15, 0.2) is 0 Å². The minimum Gasteiger partial charge on any atom is -0.366 e. The maximum atomic E-state index is 12.8. The van der Waals surface area contributed by atoms with E-state index in [1.807, 2.05) is 12.1 Å². The number of benzene rings is 2. The van der Waals surface area contributed by atoms with Crippen LogP contribution in [0.4, 0.5) is 5.69 Å². The summed E-state index contributed by atoms with van der Waals surface area (Å²) >= 11 is 0. The Labute approximate surface area is 177 Å². The van der Waals surface area contributed by atoms with Gasteiger partial charge >= 0.3 is 0 Å². The van der Waals surface area contributed by atoms with Gasteiger partial charge in [-0.15, -0.1) is 0 Å². The Balaban J connectivity index is 1.57. The lowest BCUT2D eigenvalue weighted by atomic mass is 10.1. The summed E-state index contributed by atoms with van der Waals surface area (Å²) in [5, 5.41) is 16.7. The summed E-state index contributed by atoms with van der Waals surface area (Å²) in [6.07, 6.45) is 1.72. The number of nitriles is 1. The Bertz CT molecular complexity index is 1350. The summed E-state index contributed by atoms with van der Waals surface area (Å²) < 4.78 is 1.70. The molecule has 4 aromatic rings. The molecule has 0 saturated heterocycles. The van der Waals surface area contributed by atoms with Crippen LogP contribution in [0.2, 0.25) is 0 Å². The molecule has 3 N–H and O–H groups in total. The third-order valence-electron chi connectivity index (χ3n) is 4.84. The SMILES string of the molecule is Cc1nn(Cc2ccc(C#N)cc2)cc1NC(=O)c1cc(C(N)=O)c2ccccc2n1. The van der Waals surface area contributed by atoms with Gasteiger partial charge in [0.2, 0.25) is 5.91 Å². The zero-order valence-electron chi connectivity index (χ0n) is 16.7. The topological polar surface area (TPSA) is 127 Å². The Morgan fingerprint density at radius 1 is 1.16 bits per heavy atom. The molecule has 0 fully saturated rings. The lowest BCUT2D eigenvalue weighted by Gasteiger charge is -2.07. The normalized spacial score (nSPS) is 10.6. The fraction of sp³-hybridized carbons (Fsp3) is 0.0870. The van der Waals surface area contributed by atoms with E-state index in [0.717, 1.165) is 5.56 Å². The molecule has 2 aromatic heterocycles. The molecule has 0 aliphatic heterocycles. The summed E-state index contributed by atoms with van der Waals surface area (Å²) in [4.78, 5) is 29.0. The number of hydrogen-bond acceptors (Lipinski definition) is 5. The zero-order chi connectivity index (χ0) is 22.0. The lowest BCUT2D eigenvalue weighted by Crippen LogP contribution is -2.17. The largest absolute Gasteiger partial charge is 0.366 e. The van der Waals surface area contributed by atoms with Crippen LogP contribution in [-0.2, 0) is 6.54 Å². The van der Waals surface area contributed by atoms with Gasteiger partial charge in [-0.05, 0) is 36.8 Å². The van der Waals surface area contributed by atoms with Crippen molar-refractivity contribution in [2.75, 3.05) is 5.32 Å². The molecule has 8 heteroatoms. The summed E-state index contributed by atoms with van der Waals surface area (Å²) in [6, 6.07) is 17.7. The van der Waals surface area contributed by atoms with Crippen LogP contribution in [0, 0.1) is 18.3 Å². The molecule has 0 aliphatic rings. The van der Waals surface area contributed by atoms with E-state index < -0.39 is 11.8 Å². The first kappa shape index (κ1) is 19.8. The molecule has 0 atom stereocenters. The maximum absolute atomic E-state index is 12.8. The number of fused-ring (bicyclic) bond motifs is 1. The fourth-order valence-corrected chi connectivity index (χ4v) is 3.28. The molecule has 2 aromatic carbocycles. The van der Waals surface area contributed by atoms with E-state index in [1.165, 1.54) is 6.07 Å². The minimum absolute atomic E-state index is 0.0896. The maximum Gasteiger partial charge on any atom is 0.274 e. The van der Waals surface area contributed by atoms with Crippen molar-refractivity contribution in [2.24, 2.45) is 5.73 Å². The highest BCUT2D eigenvalue weighted by Crippen LogP contribution is 2.20. The molecule has 0 bridgehead atoms. The Hall–Kier alpha value is -4.51. The van der Waals surface area contributed by atoms with Crippen LogP contribution in [0.25, 0.3) is 10.9 Å². The van der Waals surface area contributed by atoms with Gasteiger partial charge in [-0.1, -0.05) is 30.3 Å². The van der Waals surface area contributed by atoms with Crippen molar-refractivity contribution < 1.29 is 9.59 Å². The molecular formula is C23H18N6O2. The molecule has 4 rings (SSSR count). The van der Waals surface area contributed by atoms with E-state index in [1.54, 1.807) is 54.2 Å². The van der Waals surface area contributed by atoms with Crippen molar-refractivity contribution in [2.45, 2.75) is 13.5 Å². The molecule has 0 spiro atoms. The number of para-hydroxylation sites is 1. The number of hydrogen-bond donors (Lipinski definition) is 2. The number of nitrogens with two attached hydrogens (primary N) is 1. The number of aryl methyl sites for hydroxylation is 1. The van der Waals surface area contributed by atoms with Crippen LogP contribution in [-0.4, -0.2) is 26.6 Å². The zero-order valence-corrected chi connectivity index (χ0v) is 16.7. The van der Waals surface area contributed by atoms with Crippen LogP contribution in [0.5, 0.6) is 0 Å². The molecule has 8 nitrogen and oxygen atoms in total. The van der Waals surface area contributed by atoms with E-state index in [9.17, 15) is 9.59 Å². The number of nitrogens with zero attached hydrogens (tertiary/aromatic N) is 4. The number of nitrogens with one attached hydrogen (secondary N) is 1. The van der Waals surface area contributed by atoms with Gasteiger partial charge in [-0.2, -0.15) is 10.4 Å². The van der Waals surface area contributed by atoms with Crippen LogP contribution in [0.1, 0.15) is 37.7 Å². The predicted molar refractivity (Wildman–Crippen MR) is 115 cm³/mol. The molecule has 152 valence electrons. The van der Waals surface area contributed by atoms with Crippen molar-refractivity contribution in [3.05, 3.63) is 88.9 Å². The summed E-state index contributed by atoms with van der Waals surface area (Å²) in [6.45, 7) is 2.27. The number of pyridine rings is 1. The molecule has 2 amide bonds. The van der Waals surface area contributed by atoms with Crippen LogP contribution in [0.15, 0.2) is 60.8 Å². The average Bonchev–Trinajstić information content (AvgIpc) is 3.11. The van der Waals surface area contributed by atoms with Crippen LogP contribution >= 0.6 is 0 Å². The van der Waals surface area contributed by atoms with Gasteiger partial charge in [0.05, 0.1) is 40.6 Å². The van der Waals surface area contributed by atoms with E-state index in [4.69, 9.17) is 11.0 Å². The van der Waals surface area contributed by atoms with E-state index in [0.29, 0.717) is 34.4 Å². The Morgan fingerprint density at radius 2 is 1.90 bits per heavy atom. The molecule has 31 heavy (non-hydrogen) atoms. The summed E-state index contributed by atoms with van der Waals surface area (Å²) in [5.41, 5.74) is 9.07. The minimum atomic E-state index is -0.626. The fourth-order valence-electron chi connectivity index (χ4n) is 3.28. The van der Waals surface area contributed by atoms with Gasteiger partial charge in [0.25, 0.3) is 5.91 Å². The highest BCUT2D eigenvalue weighted by molar-refractivity contribution is 6.10. The third-order valence-corrected chi connectivity index (χ3v) is 4.84. The average molecular weight is 410 g/mol. The molecule has 0 aliphatic carbocycles. The monoisotopic (exact) mass is 410 g/mol. The number of carbonyl (C=O) groups is 2. The Kier molecular flexibility index (Phi) is 5.16. The summed E-state index contributed by atoms with van der Waals surface area (Å²) in [5.74, 6) is -1.09. The lowest BCUT2D eigenvalue weighted by molar-refractivity contribution is 0.100. The third kappa shape index (κ3) is 4.11. The van der Waals surface area contributed by atoms with Crippen LogP contribution < -0.4 is 11.1 Å². The number of aromatic nitrogens is 3. The summed E-state index contributed by atoms with van der Waals surface area (Å²) in [7, 11) is 0.